The first-order chi connectivity index (χ1) is 11.5. The summed E-state index contributed by atoms with van der Waals surface area (Å²) in [6, 6.07) is 4.17. The molecular weight excluding hydrogens is 300 g/mol. The molecule has 0 atom stereocenters. The molecule has 1 fully saturated rings. The van der Waals surface area contributed by atoms with Crippen molar-refractivity contribution >= 4 is 12.0 Å². The Balaban J connectivity index is 2.19. The Kier molecular flexibility index (Phi) is 6.22. The number of aromatic nitrogens is 1. The van der Waals surface area contributed by atoms with Crippen molar-refractivity contribution in [1.29, 1.82) is 5.26 Å². The van der Waals surface area contributed by atoms with Crippen molar-refractivity contribution < 1.29 is 4.79 Å². The van der Waals surface area contributed by atoms with Gasteiger partial charge in [0.15, 0.2) is 0 Å². The molecule has 130 valence electrons. The van der Waals surface area contributed by atoms with E-state index in [0.29, 0.717) is 13.1 Å². The molecule has 0 saturated carbocycles. The van der Waals surface area contributed by atoms with Gasteiger partial charge in [-0.1, -0.05) is 13.8 Å². The van der Waals surface area contributed by atoms with Crippen molar-refractivity contribution in [3.63, 3.8) is 0 Å². The number of piperazine rings is 1. The summed E-state index contributed by atoms with van der Waals surface area (Å²) >= 11 is 0. The summed E-state index contributed by atoms with van der Waals surface area (Å²) in [4.78, 5) is 16.8. The summed E-state index contributed by atoms with van der Waals surface area (Å²) in [6.07, 6.45) is 2.81. The van der Waals surface area contributed by atoms with E-state index in [1.54, 1.807) is 11.0 Å². The number of aryl methyl sites for hydroxylation is 1. The summed E-state index contributed by atoms with van der Waals surface area (Å²) in [5, 5.41) is 9.47. The van der Waals surface area contributed by atoms with E-state index in [2.05, 4.69) is 42.4 Å². The van der Waals surface area contributed by atoms with Crippen LogP contribution in [0.15, 0.2) is 11.6 Å². The third kappa shape index (κ3) is 3.88. The van der Waals surface area contributed by atoms with Crippen molar-refractivity contribution in [2.24, 2.45) is 0 Å². The Labute approximate surface area is 145 Å². The van der Waals surface area contributed by atoms with Crippen molar-refractivity contribution in [2.45, 2.75) is 40.7 Å². The largest absolute Gasteiger partial charge is 0.349 e. The second-order valence-electron chi connectivity index (χ2n) is 6.37. The fourth-order valence-electron chi connectivity index (χ4n) is 3.28. The predicted octanol–water partition coefficient (Wildman–Crippen LogP) is 2.59. The van der Waals surface area contributed by atoms with Crippen LogP contribution in [0.1, 0.15) is 37.2 Å². The summed E-state index contributed by atoms with van der Waals surface area (Å²) in [7, 11) is 0. The zero-order chi connectivity index (χ0) is 17.7. The molecule has 24 heavy (non-hydrogen) atoms. The Morgan fingerprint density at radius 2 is 1.92 bits per heavy atom. The van der Waals surface area contributed by atoms with Crippen LogP contribution in [0.4, 0.5) is 0 Å². The molecule has 1 saturated heterocycles. The monoisotopic (exact) mass is 328 g/mol. The zero-order valence-corrected chi connectivity index (χ0v) is 15.3. The lowest BCUT2D eigenvalue weighted by atomic mass is 10.1. The van der Waals surface area contributed by atoms with Crippen LogP contribution in [0.5, 0.6) is 0 Å². The minimum atomic E-state index is -0.145. The molecule has 1 aromatic heterocycles. The van der Waals surface area contributed by atoms with Gasteiger partial charge in [0.05, 0.1) is 0 Å². The number of nitriles is 1. The van der Waals surface area contributed by atoms with E-state index in [9.17, 15) is 10.1 Å². The molecule has 0 N–H and O–H groups in total. The average Bonchev–Trinajstić information content (AvgIpc) is 2.87. The first-order valence-corrected chi connectivity index (χ1v) is 8.81. The maximum Gasteiger partial charge on any atom is 0.264 e. The smallest absolute Gasteiger partial charge is 0.264 e. The van der Waals surface area contributed by atoms with Gasteiger partial charge in [-0.25, -0.2) is 0 Å². The highest BCUT2D eigenvalue weighted by molar-refractivity contribution is 6.01. The molecule has 0 aliphatic carbocycles. The molecular formula is C19H28N4O. The molecule has 1 aliphatic heterocycles. The number of hydrogen-bond donors (Lipinski definition) is 0. The fourth-order valence-corrected chi connectivity index (χ4v) is 3.28. The fraction of sp³-hybridized carbons (Fsp3) is 0.579. The highest BCUT2D eigenvalue weighted by Gasteiger charge is 2.23. The molecule has 1 aliphatic rings. The zero-order valence-electron chi connectivity index (χ0n) is 15.3. The summed E-state index contributed by atoms with van der Waals surface area (Å²) < 4.78 is 2.24. The van der Waals surface area contributed by atoms with Crippen LogP contribution in [0.2, 0.25) is 0 Å². The van der Waals surface area contributed by atoms with Gasteiger partial charge < -0.3 is 14.4 Å². The van der Waals surface area contributed by atoms with E-state index in [1.807, 2.05) is 6.92 Å². The Bertz CT molecular complexity index is 658. The number of rotatable bonds is 5. The Morgan fingerprint density at radius 1 is 1.25 bits per heavy atom. The van der Waals surface area contributed by atoms with Gasteiger partial charge in [-0.3, -0.25) is 4.79 Å². The van der Waals surface area contributed by atoms with E-state index < -0.39 is 0 Å². The summed E-state index contributed by atoms with van der Waals surface area (Å²) in [5.41, 5.74) is 3.49. The van der Waals surface area contributed by atoms with Gasteiger partial charge in [0.2, 0.25) is 0 Å². The predicted molar refractivity (Wildman–Crippen MR) is 96.5 cm³/mol. The SMILES string of the molecule is CCCn1c(C)cc(/C=C(\C#N)C(=O)N2CCN(CC)CC2)c1C. The lowest BCUT2D eigenvalue weighted by Gasteiger charge is -2.33. The van der Waals surface area contributed by atoms with Gasteiger partial charge in [-0.2, -0.15) is 5.26 Å². The Hall–Kier alpha value is -2.06. The standard InChI is InChI=1S/C19H28N4O/c1-5-7-23-15(3)12-17(16(23)4)13-18(14-20)19(24)22-10-8-21(6-2)9-11-22/h12-13H,5-11H2,1-4H3/b18-13+. The van der Waals surface area contributed by atoms with Crippen LogP contribution >= 0.6 is 0 Å². The quantitative estimate of drug-likeness (QED) is 0.617. The lowest BCUT2D eigenvalue weighted by molar-refractivity contribution is -0.128. The van der Waals surface area contributed by atoms with Crippen molar-refractivity contribution in [2.75, 3.05) is 32.7 Å². The highest BCUT2D eigenvalue weighted by Crippen LogP contribution is 2.19. The average molecular weight is 328 g/mol. The van der Waals surface area contributed by atoms with Crippen LogP contribution in [-0.4, -0.2) is 53.0 Å². The second-order valence-corrected chi connectivity index (χ2v) is 6.37. The van der Waals surface area contributed by atoms with Gasteiger partial charge in [-0.05, 0) is 44.5 Å². The van der Waals surface area contributed by atoms with Crippen LogP contribution in [-0.2, 0) is 11.3 Å². The molecule has 1 aromatic rings. The topological polar surface area (TPSA) is 52.3 Å². The molecule has 0 bridgehead atoms. The molecule has 0 spiro atoms. The number of carbonyl (C=O) groups is 1. The highest BCUT2D eigenvalue weighted by atomic mass is 16.2. The number of likely N-dealkylation sites (N-methyl/N-ethyl adjacent to an activating group) is 1. The normalized spacial score (nSPS) is 16.3. The van der Waals surface area contributed by atoms with E-state index in [0.717, 1.165) is 43.9 Å². The maximum atomic E-state index is 12.7. The summed E-state index contributed by atoms with van der Waals surface area (Å²) in [6.45, 7) is 13.5. The van der Waals surface area contributed by atoms with E-state index in [-0.39, 0.29) is 11.5 Å². The molecule has 0 aromatic carbocycles. The number of carbonyl (C=O) groups excluding carboxylic acids is 1. The van der Waals surface area contributed by atoms with Crippen molar-refractivity contribution in [1.82, 2.24) is 14.4 Å². The Morgan fingerprint density at radius 3 is 2.46 bits per heavy atom. The van der Waals surface area contributed by atoms with E-state index >= 15 is 0 Å². The van der Waals surface area contributed by atoms with E-state index in [4.69, 9.17) is 0 Å². The van der Waals surface area contributed by atoms with Gasteiger partial charge in [0, 0.05) is 44.1 Å². The number of nitrogens with zero attached hydrogens (tertiary/aromatic N) is 4. The third-order valence-corrected chi connectivity index (χ3v) is 4.82. The van der Waals surface area contributed by atoms with Crippen molar-refractivity contribution in [3.8, 4) is 6.07 Å². The van der Waals surface area contributed by atoms with Gasteiger partial charge in [-0.15, -0.1) is 0 Å². The minimum absolute atomic E-state index is 0.145. The first kappa shape index (κ1) is 18.3. The molecule has 5 heteroatoms. The lowest BCUT2D eigenvalue weighted by Crippen LogP contribution is -2.48. The van der Waals surface area contributed by atoms with Crippen LogP contribution < -0.4 is 0 Å². The van der Waals surface area contributed by atoms with Gasteiger partial charge in [0.1, 0.15) is 11.6 Å². The third-order valence-electron chi connectivity index (χ3n) is 4.82. The van der Waals surface area contributed by atoms with Crippen LogP contribution in [0, 0.1) is 25.2 Å². The molecule has 5 nitrogen and oxygen atoms in total. The van der Waals surface area contributed by atoms with Crippen LogP contribution in [0.25, 0.3) is 6.08 Å². The number of hydrogen-bond acceptors (Lipinski definition) is 3. The maximum absolute atomic E-state index is 12.7. The van der Waals surface area contributed by atoms with E-state index in [1.165, 1.54) is 5.69 Å². The van der Waals surface area contributed by atoms with Crippen molar-refractivity contribution in [3.05, 3.63) is 28.6 Å². The van der Waals surface area contributed by atoms with Crippen LogP contribution in [0.3, 0.4) is 0 Å². The molecule has 0 unspecified atom stereocenters. The minimum Gasteiger partial charge on any atom is -0.349 e. The van der Waals surface area contributed by atoms with Gasteiger partial charge in [0.25, 0.3) is 5.91 Å². The summed E-state index contributed by atoms with van der Waals surface area (Å²) in [5.74, 6) is -0.145. The molecule has 1 amide bonds. The molecule has 2 rings (SSSR count). The molecule has 0 radical (unpaired) electrons. The molecule has 2 heterocycles. The first-order valence-electron chi connectivity index (χ1n) is 8.81. The number of amides is 1. The van der Waals surface area contributed by atoms with Gasteiger partial charge >= 0.3 is 0 Å². The second kappa shape index (κ2) is 8.16.